The first-order chi connectivity index (χ1) is 15.9. The number of anilines is 2. The summed E-state index contributed by atoms with van der Waals surface area (Å²) in [5, 5.41) is 14.3. The van der Waals surface area contributed by atoms with E-state index >= 15 is 0 Å². The lowest BCUT2D eigenvalue weighted by molar-refractivity contribution is -0.116. The van der Waals surface area contributed by atoms with E-state index in [2.05, 4.69) is 25.8 Å². The zero-order valence-corrected chi connectivity index (χ0v) is 18.0. The van der Waals surface area contributed by atoms with Gasteiger partial charge in [-0.05, 0) is 44.0 Å². The molecule has 33 heavy (non-hydrogen) atoms. The molecule has 5 rings (SSSR count). The Balaban J connectivity index is 1.40. The molecule has 0 unspecified atom stereocenters. The molecule has 11 heteroatoms. The summed E-state index contributed by atoms with van der Waals surface area (Å²) in [6, 6.07) is 5.82. The van der Waals surface area contributed by atoms with Crippen LogP contribution in [0.1, 0.15) is 40.5 Å². The molecule has 0 radical (unpaired) electrons. The Morgan fingerprint density at radius 3 is 2.76 bits per heavy atom. The van der Waals surface area contributed by atoms with Crippen molar-refractivity contribution in [1.29, 1.82) is 0 Å². The number of nitrogens with zero attached hydrogens (tertiary/aromatic N) is 6. The first kappa shape index (κ1) is 20.7. The molecule has 1 fully saturated rings. The highest BCUT2D eigenvalue weighted by Gasteiger charge is 2.28. The fourth-order valence-electron chi connectivity index (χ4n) is 3.78. The minimum absolute atomic E-state index is 0.0472. The van der Waals surface area contributed by atoms with Crippen molar-refractivity contribution in [2.75, 3.05) is 10.6 Å². The normalized spacial score (nSPS) is 13.3. The van der Waals surface area contributed by atoms with Gasteiger partial charge in [-0.15, -0.1) is 0 Å². The second kappa shape index (κ2) is 8.08. The van der Waals surface area contributed by atoms with E-state index in [-0.39, 0.29) is 18.1 Å². The van der Waals surface area contributed by atoms with Gasteiger partial charge >= 0.3 is 0 Å². The van der Waals surface area contributed by atoms with Crippen molar-refractivity contribution in [1.82, 2.24) is 29.5 Å². The SMILES string of the molecule is Cc1nn(C)c2nc(C3CC3)cc(C(=O)Nc3ccc(F)c(NC(=O)Cn4cncn4)c3)c12. The Morgan fingerprint density at radius 1 is 1.21 bits per heavy atom. The minimum Gasteiger partial charge on any atom is -0.322 e. The molecule has 2 amide bonds. The van der Waals surface area contributed by atoms with Crippen LogP contribution in [0.2, 0.25) is 0 Å². The summed E-state index contributed by atoms with van der Waals surface area (Å²) in [5.41, 5.74) is 2.99. The summed E-state index contributed by atoms with van der Waals surface area (Å²) >= 11 is 0. The Morgan fingerprint density at radius 2 is 2.03 bits per heavy atom. The van der Waals surface area contributed by atoms with Crippen molar-refractivity contribution in [3.63, 3.8) is 0 Å². The van der Waals surface area contributed by atoms with Crippen LogP contribution in [-0.4, -0.2) is 41.3 Å². The van der Waals surface area contributed by atoms with Gasteiger partial charge in [0.1, 0.15) is 25.0 Å². The Hall–Kier alpha value is -4.15. The third-order valence-electron chi connectivity index (χ3n) is 5.50. The molecule has 1 aliphatic carbocycles. The second-order valence-electron chi connectivity index (χ2n) is 8.07. The summed E-state index contributed by atoms with van der Waals surface area (Å²) in [7, 11) is 1.80. The van der Waals surface area contributed by atoms with E-state index < -0.39 is 11.7 Å². The molecule has 0 atom stereocenters. The van der Waals surface area contributed by atoms with Crippen LogP contribution in [0.25, 0.3) is 11.0 Å². The number of carbonyl (C=O) groups excluding carboxylic acids is 2. The Bertz CT molecular complexity index is 1380. The van der Waals surface area contributed by atoms with Gasteiger partial charge in [-0.25, -0.2) is 19.0 Å². The average molecular weight is 448 g/mol. The van der Waals surface area contributed by atoms with Gasteiger partial charge in [0.15, 0.2) is 5.65 Å². The number of hydrogen-bond acceptors (Lipinski definition) is 6. The molecule has 1 aliphatic rings. The van der Waals surface area contributed by atoms with Gasteiger partial charge in [-0.1, -0.05) is 0 Å². The van der Waals surface area contributed by atoms with Crippen molar-refractivity contribution < 1.29 is 14.0 Å². The number of halogens is 1. The molecule has 0 aliphatic heterocycles. The van der Waals surface area contributed by atoms with Gasteiger partial charge in [0.25, 0.3) is 5.91 Å². The second-order valence-corrected chi connectivity index (χ2v) is 8.07. The van der Waals surface area contributed by atoms with Gasteiger partial charge in [-0.3, -0.25) is 14.3 Å². The van der Waals surface area contributed by atoms with Crippen molar-refractivity contribution in [2.45, 2.75) is 32.2 Å². The van der Waals surface area contributed by atoms with E-state index in [1.165, 1.54) is 35.5 Å². The largest absolute Gasteiger partial charge is 0.322 e. The lowest BCUT2D eigenvalue weighted by Gasteiger charge is -2.11. The van der Waals surface area contributed by atoms with E-state index in [4.69, 9.17) is 4.98 Å². The molecule has 2 N–H and O–H groups in total. The van der Waals surface area contributed by atoms with E-state index in [1.807, 2.05) is 13.0 Å². The van der Waals surface area contributed by atoms with Crippen LogP contribution in [0.15, 0.2) is 36.9 Å². The van der Waals surface area contributed by atoms with Crippen molar-refractivity contribution in [2.24, 2.45) is 7.05 Å². The predicted molar refractivity (Wildman–Crippen MR) is 118 cm³/mol. The first-order valence-electron chi connectivity index (χ1n) is 10.5. The summed E-state index contributed by atoms with van der Waals surface area (Å²) in [4.78, 5) is 33.9. The van der Waals surface area contributed by atoms with Crippen molar-refractivity contribution >= 4 is 34.2 Å². The van der Waals surface area contributed by atoms with Gasteiger partial charge in [-0.2, -0.15) is 10.2 Å². The molecule has 0 saturated heterocycles. The lowest BCUT2D eigenvalue weighted by Crippen LogP contribution is -2.20. The molecule has 0 bridgehead atoms. The number of aromatic nitrogens is 6. The smallest absolute Gasteiger partial charge is 0.256 e. The number of benzene rings is 1. The topological polar surface area (TPSA) is 120 Å². The third-order valence-corrected chi connectivity index (χ3v) is 5.50. The van der Waals surface area contributed by atoms with Crippen LogP contribution >= 0.6 is 0 Å². The zero-order chi connectivity index (χ0) is 23.1. The molecule has 4 aromatic rings. The minimum atomic E-state index is -0.620. The predicted octanol–water partition coefficient (Wildman–Crippen LogP) is 2.78. The number of pyridine rings is 1. The van der Waals surface area contributed by atoms with E-state index in [0.717, 1.165) is 18.5 Å². The summed E-state index contributed by atoms with van der Waals surface area (Å²) < 4.78 is 17.3. The molecule has 168 valence electrons. The molecule has 0 spiro atoms. The van der Waals surface area contributed by atoms with Crippen LogP contribution in [0, 0.1) is 12.7 Å². The molecule has 3 heterocycles. The van der Waals surface area contributed by atoms with Gasteiger partial charge in [0.05, 0.1) is 22.3 Å². The highest BCUT2D eigenvalue weighted by Crippen LogP contribution is 2.40. The number of aryl methyl sites for hydroxylation is 2. The molecule has 1 aromatic carbocycles. The van der Waals surface area contributed by atoms with Crippen LogP contribution in [-0.2, 0) is 18.4 Å². The summed E-state index contributed by atoms with van der Waals surface area (Å²) in [6.07, 6.45) is 4.79. The maximum Gasteiger partial charge on any atom is 0.256 e. The quantitative estimate of drug-likeness (QED) is 0.468. The number of fused-ring (bicyclic) bond motifs is 1. The fourth-order valence-corrected chi connectivity index (χ4v) is 3.78. The zero-order valence-electron chi connectivity index (χ0n) is 18.0. The van der Waals surface area contributed by atoms with Crippen molar-refractivity contribution in [3.8, 4) is 0 Å². The average Bonchev–Trinajstić information content (AvgIpc) is 3.44. The van der Waals surface area contributed by atoms with Gasteiger partial charge in [0.2, 0.25) is 5.91 Å². The molecule has 3 aromatic heterocycles. The number of amides is 2. The van der Waals surface area contributed by atoms with Gasteiger partial charge < -0.3 is 10.6 Å². The number of nitrogens with one attached hydrogen (secondary N) is 2. The number of rotatable bonds is 6. The summed E-state index contributed by atoms with van der Waals surface area (Å²) in [5.74, 6) is -1.09. The van der Waals surface area contributed by atoms with E-state index in [0.29, 0.717) is 33.9 Å². The van der Waals surface area contributed by atoms with Crippen LogP contribution < -0.4 is 10.6 Å². The molecule has 1 saturated carbocycles. The van der Waals surface area contributed by atoms with Crippen LogP contribution in [0.5, 0.6) is 0 Å². The maximum absolute atomic E-state index is 14.3. The molecular formula is C22H21FN8O2. The third kappa shape index (κ3) is 4.16. The number of hydrogen-bond donors (Lipinski definition) is 2. The Kier molecular flexibility index (Phi) is 5.08. The fraction of sp³-hybridized carbons (Fsp3) is 0.273. The number of carbonyl (C=O) groups is 2. The van der Waals surface area contributed by atoms with Crippen molar-refractivity contribution in [3.05, 3.63) is 59.7 Å². The molecular weight excluding hydrogens is 427 g/mol. The lowest BCUT2D eigenvalue weighted by atomic mass is 10.1. The van der Waals surface area contributed by atoms with E-state index in [9.17, 15) is 14.0 Å². The monoisotopic (exact) mass is 448 g/mol. The molecule has 10 nitrogen and oxygen atoms in total. The first-order valence-corrected chi connectivity index (χ1v) is 10.5. The highest BCUT2D eigenvalue weighted by atomic mass is 19.1. The maximum atomic E-state index is 14.3. The Labute approximate surface area is 187 Å². The highest BCUT2D eigenvalue weighted by molar-refractivity contribution is 6.13. The van der Waals surface area contributed by atoms with Crippen LogP contribution in [0.3, 0.4) is 0 Å². The summed E-state index contributed by atoms with van der Waals surface area (Å²) in [6.45, 7) is 1.72. The van der Waals surface area contributed by atoms with E-state index in [1.54, 1.807) is 11.7 Å². The van der Waals surface area contributed by atoms with Gasteiger partial charge in [0, 0.05) is 24.3 Å². The van der Waals surface area contributed by atoms with Crippen LogP contribution in [0.4, 0.5) is 15.8 Å². The standard InChI is InChI=1S/C22H21FN8O2/c1-12-20-15(8-17(13-3-4-13)28-21(20)30(2)29-12)22(33)26-14-5-6-16(23)18(7-14)27-19(32)9-31-11-24-10-25-31/h5-8,10-11,13H,3-4,9H2,1-2H3,(H,26,33)(H,27,32).